The van der Waals surface area contributed by atoms with E-state index in [2.05, 4.69) is 10.3 Å². The summed E-state index contributed by atoms with van der Waals surface area (Å²) in [6.07, 6.45) is 0.537. The first-order valence-electron chi connectivity index (χ1n) is 12.6. The lowest BCUT2D eigenvalue weighted by Gasteiger charge is -2.13. The standard InChI is InChI=1S/C29H29N3O5S/c1-2-37-29(34)24-12-13-25-26(16-24)32(18-20-8-10-23(11-9-20)22-6-4-3-5-7-22)27(31-25)28(33)30-17-21-14-15-38(35,36)19-21/h3-13,16,21H,2,14-15,17-19H2,1H3,(H,30,33)/t21-/m1/s1. The highest BCUT2D eigenvalue weighted by molar-refractivity contribution is 7.91. The summed E-state index contributed by atoms with van der Waals surface area (Å²) < 4.78 is 30.6. The van der Waals surface area contributed by atoms with Crippen molar-refractivity contribution in [3.63, 3.8) is 0 Å². The fourth-order valence-corrected chi connectivity index (χ4v) is 6.62. The van der Waals surface area contributed by atoms with Crippen molar-refractivity contribution in [1.29, 1.82) is 0 Å². The molecule has 0 bridgehead atoms. The topological polar surface area (TPSA) is 107 Å². The Balaban J connectivity index is 1.46. The van der Waals surface area contributed by atoms with Gasteiger partial charge in [0.2, 0.25) is 0 Å². The number of nitrogens with zero attached hydrogens (tertiary/aromatic N) is 2. The molecule has 8 nitrogen and oxygen atoms in total. The Morgan fingerprint density at radius 1 is 1.03 bits per heavy atom. The summed E-state index contributed by atoms with van der Waals surface area (Å²) in [6.45, 7) is 2.63. The molecule has 0 unspecified atom stereocenters. The molecule has 0 aliphatic carbocycles. The number of rotatable bonds is 8. The quantitative estimate of drug-likeness (QED) is 0.343. The zero-order valence-electron chi connectivity index (χ0n) is 21.1. The molecule has 0 saturated carbocycles. The molecular formula is C29H29N3O5S. The highest BCUT2D eigenvalue weighted by Crippen LogP contribution is 2.24. The number of amides is 1. The molecule has 1 fully saturated rings. The number of sulfone groups is 1. The Labute approximate surface area is 221 Å². The number of fused-ring (bicyclic) bond motifs is 1. The van der Waals surface area contributed by atoms with E-state index in [1.165, 1.54) is 0 Å². The maximum Gasteiger partial charge on any atom is 0.338 e. The smallest absolute Gasteiger partial charge is 0.338 e. The van der Waals surface area contributed by atoms with Gasteiger partial charge in [0.1, 0.15) is 0 Å². The third kappa shape index (κ3) is 5.62. The Bertz CT molecular complexity index is 1580. The Kier molecular flexibility index (Phi) is 7.28. The number of hydrogen-bond donors (Lipinski definition) is 1. The molecule has 1 aliphatic rings. The molecular weight excluding hydrogens is 502 g/mol. The van der Waals surface area contributed by atoms with Gasteiger partial charge < -0.3 is 14.6 Å². The first-order valence-corrected chi connectivity index (χ1v) is 14.5. The molecule has 0 radical (unpaired) electrons. The molecule has 1 aliphatic heterocycles. The van der Waals surface area contributed by atoms with E-state index in [4.69, 9.17) is 4.74 Å². The summed E-state index contributed by atoms with van der Waals surface area (Å²) in [7, 11) is -3.03. The van der Waals surface area contributed by atoms with Crippen LogP contribution in [0.1, 0.15) is 39.9 Å². The number of hydrogen-bond acceptors (Lipinski definition) is 6. The van der Waals surface area contributed by atoms with Gasteiger partial charge in [-0.3, -0.25) is 4.79 Å². The van der Waals surface area contributed by atoms with E-state index in [0.717, 1.165) is 16.7 Å². The van der Waals surface area contributed by atoms with E-state index < -0.39 is 15.8 Å². The summed E-state index contributed by atoms with van der Waals surface area (Å²) in [5, 5.41) is 2.88. The summed E-state index contributed by atoms with van der Waals surface area (Å²) in [4.78, 5) is 30.2. The number of ether oxygens (including phenoxy) is 1. The van der Waals surface area contributed by atoms with Gasteiger partial charge in [-0.05, 0) is 54.2 Å². The highest BCUT2D eigenvalue weighted by Gasteiger charge is 2.29. The number of nitrogens with one attached hydrogen (secondary N) is 1. The van der Waals surface area contributed by atoms with Crippen molar-refractivity contribution in [2.24, 2.45) is 5.92 Å². The van der Waals surface area contributed by atoms with Crippen molar-refractivity contribution >= 4 is 32.7 Å². The van der Waals surface area contributed by atoms with Crippen LogP contribution in [0.2, 0.25) is 0 Å². The molecule has 38 heavy (non-hydrogen) atoms. The second-order valence-electron chi connectivity index (χ2n) is 9.49. The minimum atomic E-state index is -3.03. The highest BCUT2D eigenvalue weighted by atomic mass is 32.2. The van der Waals surface area contributed by atoms with Gasteiger partial charge in [0.25, 0.3) is 5.91 Å². The molecule has 1 aromatic heterocycles. The average molecular weight is 532 g/mol. The van der Waals surface area contributed by atoms with Gasteiger partial charge in [-0.15, -0.1) is 0 Å². The first kappa shape index (κ1) is 25.7. The van der Waals surface area contributed by atoms with Crippen molar-refractivity contribution in [3.05, 3.63) is 89.7 Å². The summed E-state index contributed by atoms with van der Waals surface area (Å²) >= 11 is 0. The molecule has 2 heterocycles. The molecule has 1 amide bonds. The van der Waals surface area contributed by atoms with E-state index >= 15 is 0 Å². The van der Waals surface area contributed by atoms with Crippen LogP contribution in [0, 0.1) is 5.92 Å². The van der Waals surface area contributed by atoms with Crippen molar-refractivity contribution < 1.29 is 22.7 Å². The molecule has 1 saturated heterocycles. The third-order valence-electron chi connectivity index (χ3n) is 6.74. The number of carbonyl (C=O) groups excluding carboxylic acids is 2. The van der Waals surface area contributed by atoms with Crippen LogP contribution in [0.25, 0.3) is 22.2 Å². The molecule has 5 rings (SSSR count). The van der Waals surface area contributed by atoms with Crippen molar-refractivity contribution in [3.8, 4) is 11.1 Å². The number of benzene rings is 3. The molecule has 3 aromatic carbocycles. The number of imidazole rings is 1. The number of carbonyl (C=O) groups is 2. The maximum atomic E-state index is 13.3. The Morgan fingerprint density at radius 3 is 2.45 bits per heavy atom. The summed E-state index contributed by atoms with van der Waals surface area (Å²) in [6, 6.07) is 23.2. The molecule has 1 N–H and O–H groups in total. The predicted octanol–water partition coefficient (Wildman–Crippen LogP) is 4.09. The number of aromatic nitrogens is 2. The van der Waals surface area contributed by atoms with Gasteiger partial charge in [-0.2, -0.15) is 0 Å². The monoisotopic (exact) mass is 531 g/mol. The van der Waals surface area contributed by atoms with Crippen molar-refractivity contribution in [1.82, 2.24) is 14.9 Å². The summed E-state index contributed by atoms with van der Waals surface area (Å²) in [5.41, 5.74) is 4.74. The van der Waals surface area contributed by atoms with Gasteiger partial charge in [-0.1, -0.05) is 54.6 Å². The van der Waals surface area contributed by atoms with Crippen LogP contribution in [-0.4, -0.2) is 54.5 Å². The fourth-order valence-electron chi connectivity index (χ4n) is 4.76. The van der Waals surface area contributed by atoms with Gasteiger partial charge in [0, 0.05) is 13.1 Å². The SMILES string of the molecule is CCOC(=O)c1ccc2nc(C(=O)NC[C@H]3CCS(=O)(=O)C3)n(Cc3ccc(-c4ccccc4)cc3)c2c1. The molecule has 4 aromatic rings. The second-order valence-corrected chi connectivity index (χ2v) is 11.7. The molecule has 0 spiro atoms. The minimum absolute atomic E-state index is 0.0837. The lowest BCUT2D eigenvalue weighted by molar-refractivity contribution is 0.0526. The lowest BCUT2D eigenvalue weighted by Crippen LogP contribution is -2.32. The number of esters is 1. The van der Waals surface area contributed by atoms with Crippen LogP contribution in [0.15, 0.2) is 72.8 Å². The maximum absolute atomic E-state index is 13.3. The molecule has 1 atom stereocenters. The normalized spacial score (nSPS) is 16.4. The van der Waals surface area contributed by atoms with Crippen LogP contribution >= 0.6 is 0 Å². The van der Waals surface area contributed by atoms with E-state index in [-0.39, 0.29) is 42.3 Å². The van der Waals surface area contributed by atoms with E-state index in [1.54, 1.807) is 29.7 Å². The van der Waals surface area contributed by atoms with E-state index in [9.17, 15) is 18.0 Å². The van der Waals surface area contributed by atoms with E-state index in [1.807, 2.05) is 54.6 Å². The third-order valence-corrected chi connectivity index (χ3v) is 8.58. The van der Waals surface area contributed by atoms with Gasteiger partial charge in [0.15, 0.2) is 15.7 Å². The van der Waals surface area contributed by atoms with Crippen LogP contribution in [-0.2, 0) is 21.1 Å². The lowest BCUT2D eigenvalue weighted by atomic mass is 10.0. The fraction of sp³-hybridized carbons (Fsp3) is 0.276. The van der Waals surface area contributed by atoms with Crippen LogP contribution in [0.5, 0.6) is 0 Å². The Hall–Kier alpha value is -3.98. The minimum Gasteiger partial charge on any atom is -0.462 e. The molecule has 196 valence electrons. The Morgan fingerprint density at radius 2 is 1.76 bits per heavy atom. The van der Waals surface area contributed by atoms with Gasteiger partial charge in [-0.25, -0.2) is 18.2 Å². The molecule has 9 heteroatoms. The van der Waals surface area contributed by atoms with Crippen LogP contribution in [0.4, 0.5) is 0 Å². The van der Waals surface area contributed by atoms with Gasteiger partial charge >= 0.3 is 5.97 Å². The van der Waals surface area contributed by atoms with E-state index in [0.29, 0.717) is 29.6 Å². The van der Waals surface area contributed by atoms with Crippen LogP contribution < -0.4 is 5.32 Å². The van der Waals surface area contributed by atoms with Crippen LogP contribution in [0.3, 0.4) is 0 Å². The van der Waals surface area contributed by atoms with Crippen molar-refractivity contribution in [2.75, 3.05) is 24.7 Å². The first-order chi connectivity index (χ1) is 18.3. The zero-order valence-corrected chi connectivity index (χ0v) is 21.9. The van der Waals surface area contributed by atoms with Crippen molar-refractivity contribution in [2.45, 2.75) is 19.9 Å². The second kappa shape index (κ2) is 10.8. The largest absolute Gasteiger partial charge is 0.462 e. The summed E-state index contributed by atoms with van der Waals surface area (Å²) in [5.74, 6) is -0.495. The van der Waals surface area contributed by atoms with Gasteiger partial charge in [0.05, 0.1) is 34.7 Å². The predicted molar refractivity (Wildman–Crippen MR) is 146 cm³/mol. The average Bonchev–Trinajstić information content (AvgIpc) is 3.47. The zero-order chi connectivity index (χ0) is 26.7.